The van der Waals surface area contributed by atoms with Crippen LogP contribution in [0.5, 0.6) is 5.75 Å². The van der Waals surface area contributed by atoms with Gasteiger partial charge in [-0.3, -0.25) is 0 Å². The number of ether oxygens (including phenoxy) is 1. The second-order valence-corrected chi connectivity index (χ2v) is 6.88. The number of urea groups is 1. The van der Waals surface area contributed by atoms with E-state index < -0.39 is 0 Å². The highest BCUT2D eigenvalue weighted by molar-refractivity contribution is 5.90. The van der Waals surface area contributed by atoms with E-state index in [1.807, 2.05) is 75.4 Å². The van der Waals surface area contributed by atoms with Crippen molar-refractivity contribution in [2.24, 2.45) is 0 Å². The number of hydrogen-bond acceptors (Lipinski definition) is 4. The molecule has 3 aromatic rings. The Morgan fingerprint density at radius 3 is 2.68 bits per heavy atom. The summed E-state index contributed by atoms with van der Waals surface area (Å²) in [6, 6.07) is 17.0. The number of aryl methyl sites for hydroxylation is 1. The zero-order chi connectivity index (χ0) is 20.1. The van der Waals surface area contributed by atoms with E-state index in [0.717, 1.165) is 22.6 Å². The molecule has 6 nitrogen and oxygen atoms in total. The van der Waals surface area contributed by atoms with Crippen LogP contribution in [-0.2, 0) is 6.54 Å². The highest BCUT2D eigenvalue weighted by Gasteiger charge is 2.20. The van der Waals surface area contributed by atoms with Gasteiger partial charge in [0.25, 0.3) is 0 Å². The van der Waals surface area contributed by atoms with Gasteiger partial charge < -0.3 is 19.5 Å². The minimum atomic E-state index is -0.171. The summed E-state index contributed by atoms with van der Waals surface area (Å²) in [5, 5.41) is 7.12. The van der Waals surface area contributed by atoms with E-state index in [0.29, 0.717) is 18.0 Å². The predicted molar refractivity (Wildman–Crippen MR) is 109 cm³/mol. The van der Waals surface area contributed by atoms with E-state index >= 15 is 0 Å². The van der Waals surface area contributed by atoms with Crippen LogP contribution in [0.15, 0.2) is 59.1 Å². The maximum atomic E-state index is 12.8. The molecule has 2 aromatic carbocycles. The molecular weight excluding hydrogens is 354 g/mol. The Hall–Kier alpha value is -3.28. The first kappa shape index (κ1) is 19.5. The van der Waals surface area contributed by atoms with Gasteiger partial charge in [0.2, 0.25) is 0 Å². The molecule has 0 aliphatic rings. The zero-order valence-electron chi connectivity index (χ0n) is 16.6. The third kappa shape index (κ3) is 4.52. The van der Waals surface area contributed by atoms with Crippen LogP contribution in [0.4, 0.5) is 10.5 Å². The van der Waals surface area contributed by atoms with Crippen LogP contribution in [0, 0.1) is 6.92 Å². The zero-order valence-corrected chi connectivity index (χ0v) is 16.6. The van der Waals surface area contributed by atoms with Crippen LogP contribution in [0.25, 0.3) is 11.3 Å². The molecule has 2 amide bonds. The highest BCUT2D eigenvalue weighted by Crippen LogP contribution is 2.25. The molecule has 1 aromatic heterocycles. The Balaban J connectivity index is 1.75. The van der Waals surface area contributed by atoms with Crippen molar-refractivity contribution in [1.82, 2.24) is 10.1 Å². The Morgan fingerprint density at radius 1 is 1.18 bits per heavy atom. The topological polar surface area (TPSA) is 67.6 Å². The van der Waals surface area contributed by atoms with Crippen LogP contribution in [-0.4, -0.2) is 29.2 Å². The van der Waals surface area contributed by atoms with E-state index in [9.17, 15) is 4.79 Å². The Morgan fingerprint density at radius 2 is 1.96 bits per heavy atom. The van der Waals surface area contributed by atoms with Gasteiger partial charge in [-0.1, -0.05) is 35.5 Å². The number of nitrogens with one attached hydrogen (secondary N) is 1. The summed E-state index contributed by atoms with van der Waals surface area (Å²) < 4.78 is 10.7. The van der Waals surface area contributed by atoms with Gasteiger partial charge in [-0.05, 0) is 44.5 Å². The van der Waals surface area contributed by atoms with Gasteiger partial charge in [0.05, 0.1) is 13.7 Å². The fraction of sp³-hybridized carbons (Fsp3) is 0.273. The number of amides is 2. The first-order valence-corrected chi connectivity index (χ1v) is 9.21. The average Bonchev–Trinajstić information content (AvgIpc) is 3.16. The third-order valence-corrected chi connectivity index (χ3v) is 4.52. The summed E-state index contributed by atoms with van der Waals surface area (Å²) in [7, 11) is 1.62. The summed E-state index contributed by atoms with van der Waals surface area (Å²) in [6.07, 6.45) is 0. The molecule has 0 spiro atoms. The predicted octanol–water partition coefficient (Wildman–Crippen LogP) is 5.10. The van der Waals surface area contributed by atoms with Crippen LogP contribution in [0.3, 0.4) is 0 Å². The second kappa shape index (κ2) is 8.61. The van der Waals surface area contributed by atoms with E-state index in [1.165, 1.54) is 0 Å². The van der Waals surface area contributed by atoms with Crippen LogP contribution >= 0.6 is 0 Å². The molecule has 0 saturated heterocycles. The number of anilines is 1. The largest absolute Gasteiger partial charge is 0.497 e. The lowest BCUT2D eigenvalue weighted by molar-refractivity contribution is 0.191. The van der Waals surface area contributed by atoms with E-state index in [4.69, 9.17) is 9.26 Å². The second-order valence-electron chi connectivity index (χ2n) is 6.88. The lowest BCUT2D eigenvalue weighted by Crippen LogP contribution is -2.39. The fourth-order valence-corrected chi connectivity index (χ4v) is 2.86. The molecule has 1 heterocycles. The van der Waals surface area contributed by atoms with Gasteiger partial charge in [0.15, 0.2) is 5.76 Å². The van der Waals surface area contributed by atoms with Crippen LogP contribution in [0.2, 0.25) is 0 Å². The molecular formula is C22H25N3O3. The van der Waals surface area contributed by atoms with Crippen molar-refractivity contribution in [2.75, 3.05) is 12.4 Å². The van der Waals surface area contributed by atoms with Crippen LogP contribution < -0.4 is 10.1 Å². The highest BCUT2D eigenvalue weighted by atomic mass is 16.5. The van der Waals surface area contributed by atoms with Gasteiger partial charge in [0, 0.05) is 23.4 Å². The summed E-state index contributed by atoms with van der Waals surface area (Å²) in [4.78, 5) is 14.5. The standard InChI is InChI=1S/C22H25N3O3/c1-15(2)25(22(26)23-20-11-6-5-8-16(20)3)14-18-13-21(28-24-18)17-9-7-10-19(12-17)27-4/h5-13,15H,14H2,1-4H3,(H,23,26). The summed E-state index contributed by atoms with van der Waals surface area (Å²) >= 11 is 0. The van der Waals surface area contributed by atoms with Crippen molar-refractivity contribution < 1.29 is 14.1 Å². The number of para-hydroxylation sites is 1. The maximum absolute atomic E-state index is 12.8. The molecule has 3 rings (SSSR count). The minimum absolute atomic E-state index is 0.000915. The van der Waals surface area contributed by atoms with E-state index in [1.54, 1.807) is 12.0 Å². The molecule has 0 aliphatic heterocycles. The average molecular weight is 379 g/mol. The molecule has 1 N–H and O–H groups in total. The smallest absolute Gasteiger partial charge is 0.322 e. The molecule has 28 heavy (non-hydrogen) atoms. The van der Waals surface area contributed by atoms with Crippen molar-refractivity contribution in [2.45, 2.75) is 33.4 Å². The monoisotopic (exact) mass is 379 g/mol. The van der Waals surface area contributed by atoms with Gasteiger partial charge >= 0.3 is 6.03 Å². The number of rotatable bonds is 6. The van der Waals surface area contributed by atoms with E-state index in [-0.39, 0.29) is 12.1 Å². The summed E-state index contributed by atoms with van der Waals surface area (Å²) in [5.41, 5.74) is 3.38. The molecule has 6 heteroatoms. The first-order chi connectivity index (χ1) is 13.5. The van der Waals surface area contributed by atoms with Gasteiger partial charge in [0.1, 0.15) is 11.4 Å². The molecule has 0 bridgehead atoms. The van der Waals surface area contributed by atoms with Crippen molar-refractivity contribution in [1.29, 1.82) is 0 Å². The Labute approximate surface area is 165 Å². The molecule has 0 unspecified atom stereocenters. The normalized spacial score (nSPS) is 10.8. The van der Waals surface area contributed by atoms with Crippen molar-refractivity contribution in [3.05, 3.63) is 65.9 Å². The molecule has 0 saturated carbocycles. The minimum Gasteiger partial charge on any atom is -0.497 e. The molecule has 0 radical (unpaired) electrons. The Bertz CT molecular complexity index is 949. The molecule has 0 aliphatic carbocycles. The first-order valence-electron chi connectivity index (χ1n) is 9.21. The molecule has 0 atom stereocenters. The van der Waals surface area contributed by atoms with Crippen molar-refractivity contribution >= 4 is 11.7 Å². The number of nitrogens with zero attached hydrogens (tertiary/aromatic N) is 2. The lowest BCUT2D eigenvalue weighted by atomic mass is 10.1. The number of aromatic nitrogens is 1. The third-order valence-electron chi connectivity index (χ3n) is 4.52. The van der Waals surface area contributed by atoms with Gasteiger partial charge in [-0.15, -0.1) is 0 Å². The van der Waals surface area contributed by atoms with Crippen LogP contribution in [0.1, 0.15) is 25.1 Å². The van der Waals surface area contributed by atoms with E-state index in [2.05, 4.69) is 10.5 Å². The fourth-order valence-electron chi connectivity index (χ4n) is 2.86. The molecule has 0 fully saturated rings. The number of hydrogen-bond donors (Lipinski definition) is 1. The number of carbonyl (C=O) groups excluding carboxylic acids is 1. The van der Waals surface area contributed by atoms with Gasteiger partial charge in [-0.25, -0.2) is 4.79 Å². The SMILES string of the molecule is COc1cccc(-c2cc(CN(C(=O)Nc3ccccc3C)C(C)C)no2)c1. The Kier molecular flexibility index (Phi) is 5.99. The quantitative estimate of drug-likeness (QED) is 0.647. The van der Waals surface area contributed by atoms with Crippen molar-refractivity contribution in [3.63, 3.8) is 0 Å². The van der Waals surface area contributed by atoms with Crippen molar-refractivity contribution in [3.8, 4) is 17.1 Å². The number of methoxy groups -OCH3 is 1. The number of benzene rings is 2. The maximum Gasteiger partial charge on any atom is 0.322 e. The summed E-state index contributed by atoms with van der Waals surface area (Å²) in [5.74, 6) is 1.38. The summed E-state index contributed by atoms with van der Waals surface area (Å²) in [6.45, 7) is 6.26. The number of carbonyl (C=O) groups is 1. The van der Waals surface area contributed by atoms with Gasteiger partial charge in [-0.2, -0.15) is 0 Å². The molecule has 146 valence electrons. The lowest BCUT2D eigenvalue weighted by Gasteiger charge is -2.26.